The highest BCUT2D eigenvalue weighted by Crippen LogP contribution is 2.45. The van der Waals surface area contributed by atoms with Crippen molar-refractivity contribution in [2.75, 3.05) is 9.80 Å². The van der Waals surface area contributed by atoms with Gasteiger partial charge in [0.25, 0.3) is 0 Å². The molecule has 60 heavy (non-hydrogen) atoms. The van der Waals surface area contributed by atoms with E-state index in [0.29, 0.717) is 0 Å². The van der Waals surface area contributed by atoms with Crippen LogP contribution in [0.2, 0.25) is 0 Å². The van der Waals surface area contributed by atoms with Crippen molar-refractivity contribution in [3.8, 4) is 0 Å². The second-order valence-electron chi connectivity index (χ2n) is 16.4. The van der Waals surface area contributed by atoms with Crippen LogP contribution < -0.4 is 9.80 Å². The van der Waals surface area contributed by atoms with Crippen molar-refractivity contribution in [2.45, 2.75) is 41.5 Å². The van der Waals surface area contributed by atoms with Gasteiger partial charge in [0.05, 0.1) is 0 Å². The Hall–Kier alpha value is -7.30. The van der Waals surface area contributed by atoms with Crippen molar-refractivity contribution in [3.05, 3.63) is 191 Å². The molecule has 2 aromatic heterocycles. The van der Waals surface area contributed by atoms with Crippen molar-refractivity contribution in [2.24, 2.45) is 0 Å². The average molecular weight is 777 g/mol. The number of furan rings is 2. The monoisotopic (exact) mass is 776 g/mol. The number of para-hydroxylation sites is 2. The van der Waals surface area contributed by atoms with E-state index >= 15 is 0 Å². The first kappa shape index (κ1) is 35.8. The Morgan fingerprint density at radius 3 is 1.15 bits per heavy atom. The summed E-state index contributed by atoms with van der Waals surface area (Å²) in [5.74, 6) is 0. The van der Waals surface area contributed by atoms with Crippen LogP contribution in [0.1, 0.15) is 33.4 Å². The molecule has 0 N–H and O–H groups in total. The zero-order chi connectivity index (χ0) is 40.8. The number of hydrogen-bond donors (Lipinski definition) is 0. The van der Waals surface area contributed by atoms with E-state index in [1.54, 1.807) is 0 Å². The summed E-state index contributed by atoms with van der Waals surface area (Å²) in [5, 5.41) is 8.89. The largest absolute Gasteiger partial charge is 0.456 e. The Labute approximate surface area is 349 Å². The third-order valence-corrected chi connectivity index (χ3v) is 13.0. The van der Waals surface area contributed by atoms with Crippen LogP contribution in [0.15, 0.2) is 167 Å². The molecule has 0 amide bonds. The predicted molar refractivity (Wildman–Crippen MR) is 254 cm³/mol. The summed E-state index contributed by atoms with van der Waals surface area (Å²) in [6, 6.07) is 56.8. The highest BCUT2D eigenvalue weighted by Gasteiger charge is 2.21. The Kier molecular flexibility index (Phi) is 8.15. The second kappa shape index (κ2) is 13.6. The molecule has 0 fully saturated rings. The fourth-order valence-electron chi connectivity index (χ4n) is 9.25. The van der Waals surface area contributed by atoms with Crippen molar-refractivity contribution < 1.29 is 8.83 Å². The van der Waals surface area contributed by atoms with Gasteiger partial charge in [0.15, 0.2) is 0 Å². The summed E-state index contributed by atoms with van der Waals surface area (Å²) >= 11 is 0. The minimum Gasteiger partial charge on any atom is -0.456 e. The van der Waals surface area contributed by atoms with Crippen LogP contribution in [0.25, 0.3) is 65.4 Å². The molecule has 0 aliphatic heterocycles. The molecular weight excluding hydrogens is 733 g/mol. The first-order valence-electron chi connectivity index (χ1n) is 20.7. The average Bonchev–Trinajstić information content (AvgIpc) is 3.82. The third kappa shape index (κ3) is 5.59. The quantitative estimate of drug-likeness (QED) is 0.168. The standard InChI is InChI=1S/C56H44N2O2/c1-33-17-23-49(37(5)35(33)3)57(43-13-9-7-10-14-43)45-21-19-39-29-47-53(31-41(39)27-45)59-51-25-26-52-56(55(47)51)48-30-40-20-22-46(28-42(40)32-54(48)60-52)58(44-15-11-8-12-16-44)50-24-18-34(2)36(4)38(50)6/h7-32H,1-6H3. The molecule has 0 bridgehead atoms. The molecule has 290 valence electrons. The molecule has 0 aliphatic carbocycles. The highest BCUT2D eigenvalue weighted by molar-refractivity contribution is 6.28. The van der Waals surface area contributed by atoms with Gasteiger partial charge in [0.1, 0.15) is 22.3 Å². The number of aryl methyl sites for hydroxylation is 2. The molecular formula is C56H44N2O2. The van der Waals surface area contributed by atoms with Gasteiger partial charge in [-0.25, -0.2) is 0 Å². The molecule has 0 saturated carbocycles. The SMILES string of the molecule is Cc1ccc(N(c2ccccc2)c2ccc3cc4c(cc3c2)oc2ccc3oc5cc6cc(N(c7ccccc7)c7ccc(C)c(C)c7C)ccc6cc5c3c24)c(C)c1C. The smallest absolute Gasteiger partial charge is 0.136 e. The zero-order valence-electron chi connectivity index (χ0n) is 34.7. The maximum absolute atomic E-state index is 6.68. The maximum atomic E-state index is 6.68. The fourth-order valence-corrected chi connectivity index (χ4v) is 9.25. The lowest BCUT2D eigenvalue weighted by atomic mass is 9.99. The molecule has 0 spiro atoms. The number of anilines is 6. The number of rotatable bonds is 6. The van der Waals surface area contributed by atoms with Crippen molar-refractivity contribution in [1.29, 1.82) is 0 Å². The van der Waals surface area contributed by atoms with E-state index < -0.39 is 0 Å². The van der Waals surface area contributed by atoms with E-state index in [1.807, 2.05) is 0 Å². The number of fused-ring (bicyclic) bond motifs is 9. The minimum absolute atomic E-state index is 0.852. The number of hydrogen-bond acceptors (Lipinski definition) is 4. The van der Waals surface area contributed by atoms with Gasteiger partial charge in [-0.1, -0.05) is 60.7 Å². The van der Waals surface area contributed by atoms with Crippen LogP contribution in [0.5, 0.6) is 0 Å². The maximum Gasteiger partial charge on any atom is 0.136 e. The molecule has 0 saturated heterocycles. The summed E-state index contributed by atoms with van der Waals surface area (Å²) in [6.07, 6.45) is 0. The summed E-state index contributed by atoms with van der Waals surface area (Å²) in [5.41, 5.74) is 18.0. The van der Waals surface area contributed by atoms with Crippen LogP contribution in [-0.4, -0.2) is 0 Å². The first-order valence-corrected chi connectivity index (χ1v) is 20.7. The van der Waals surface area contributed by atoms with Gasteiger partial charge < -0.3 is 18.6 Å². The molecule has 4 nitrogen and oxygen atoms in total. The summed E-state index contributed by atoms with van der Waals surface area (Å²) < 4.78 is 13.4. The lowest BCUT2D eigenvalue weighted by Crippen LogP contribution is -2.12. The highest BCUT2D eigenvalue weighted by atomic mass is 16.3. The molecule has 0 atom stereocenters. The van der Waals surface area contributed by atoms with E-state index in [2.05, 4.69) is 209 Å². The molecule has 9 aromatic carbocycles. The molecule has 0 unspecified atom stereocenters. The number of nitrogens with zero attached hydrogens (tertiary/aromatic N) is 2. The Morgan fingerprint density at radius 2 is 0.733 bits per heavy atom. The molecule has 11 aromatic rings. The lowest BCUT2D eigenvalue weighted by Gasteiger charge is -2.28. The molecule has 0 radical (unpaired) electrons. The summed E-state index contributed by atoms with van der Waals surface area (Å²) in [7, 11) is 0. The summed E-state index contributed by atoms with van der Waals surface area (Å²) in [6.45, 7) is 13.2. The Bertz CT molecular complexity index is 3270. The van der Waals surface area contributed by atoms with Crippen LogP contribution >= 0.6 is 0 Å². The minimum atomic E-state index is 0.852. The fraction of sp³-hybridized carbons (Fsp3) is 0.107. The van der Waals surface area contributed by atoms with Gasteiger partial charge in [0.2, 0.25) is 0 Å². The second-order valence-corrected chi connectivity index (χ2v) is 16.4. The van der Waals surface area contributed by atoms with E-state index in [9.17, 15) is 0 Å². The van der Waals surface area contributed by atoms with Gasteiger partial charge in [-0.3, -0.25) is 0 Å². The van der Waals surface area contributed by atoms with Crippen LogP contribution in [0.3, 0.4) is 0 Å². The number of benzene rings is 9. The third-order valence-electron chi connectivity index (χ3n) is 13.0. The van der Waals surface area contributed by atoms with E-state index in [0.717, 1.165) is 88.2 Å². The van der Waals surface area contributed by atoms with Crippen LogP contribution in [-0.2, 0) is 0 Å². The van der Waals surface area contributed by atoms with Crippen molar-refractivity contribution in [1.82, 2.24) is 0 Å². The van der Waals surface area contributed by atoms with Crippen LogP contribution in [0, 0.1) is 41.5 Å². The van der Waals surface area contributed by atoms with E-state index in [-0.39, 0.29) is 0 Å². The van der Waals surface area contributed by atoms with E-state index in [4.69, 9.17) is 8.83 Å². The van der Waals surface area contributed by atoms with Gasteiger partial charge >= 0.3 is 0 Å². The Balaban J connectivity index is 1.05. The molecule has 4 heteroatoms. The van der Waals surface area contributed by atoms with Crippen molar-refractivity contribution >= 4 is 99.5 Å². The van der Waals surface area contributed by atoms with Gasteiger partial charge in [-0.15, -0.1) is 0 Å². The Morgan fingerprint density at radius 1 is 0.317 bits per heavy atom. The predicted octanol–water partition coefficient (Wildman–Crippen LogP) is 16.6. The lowest BCUT2D eigenvalue weighted by molar-refractivity contribution is 0.663. The zero-order valence-corrected chi connectivity index (χ0v) is 34.7. The van der Waals surface area contributed by atoms with Crippen molar-refractivity contribution in [3.63, 3.8) is 0 Å². The topological polar surface area (TPSA) is 32.8 Å². The normalized spacial score (nSPS) is 11.8. The summed E-state index contributed by atoms with van der Waals surface area (Å²) in [4.78, 5) is 4.73. The molecule has 0 aliphatic rings. The van der Waals surface area contributed by atoms with E-state index in [1.165, 1.54) is 44.8 Å². The van der Waals surface area contributed by atoms with Gasteiger partial charge in [0, 0.05) is 55.7 Å². The van der Waals surface area contributed by atoms with Gasteiger partial charge in [-0.2, -0.15) is 0 Å². The van der Waals surface area contributed by atoms with Crippen LogP contribution in [0.4, 0.5) is 34.1 Å². The molecule has 2 heterocycles. The first-order chi connectivity index (χ1) is 29.2. The van der Waals surface area contributed by atoms with Gasteiger partial charge in [-0.05, 0) is 194 Å². The molecule has 11 rings (SSSR count).